The summed E-state index contributed by atoms with van der Waals surface area (Å²) < 4.78 is 5.16. The lowest BCUT2D eigenvalue weighted by molar-refractivity contribution is 0.124. The van der Waals surface area contributed by atoms with Crippen molar-refractivity contribution < 1.29 is 4.52 Å². The first-order valence-electron chi connectivity index (χ1n) is 9.47. The van der Waals surface area contributed by atoms with Gasteiger partial charge in [0.1, 0.15) is 5.76 Å². The second-order valence-corrected chi connectivity index (χ2v) is 7.19. The molecule has 1 fully saturated rings. The van der Waals surface area contributed by atoms with Crippen LogP contribution in [0.5, 0.6) is 0 Å². The predicted octanol–water partition coefficient (Wildman–Crippen LogP) is 3.28. The highest BCUT2D eigenvalue weighted by molar-refractivity contribution is 5.78. The van der Waals surface area contributed by atoms with Crippen molar-refractivity contribution in [2.75, 3.05) is 32.7 Å². The average Bonchev–Trinajstić information content (AvgIpc) is 3.08. The molecule has 0 amide bonds. The summed E-state index contributed by atoms with van der Waals surface area (Å²) in [6.07, 6.45) is 4.30. The molecule has 0 saturated carbocycles. The predicted molar refractivity (Wildman–Crippen MR) is 103 cm³/mol. The van der Waals surface area contributed by atoms with Gasteiger partial charge in [0.15, 0.2) is 0 Å². The van der Waals surface area contributed by atoms with Gasteiger partial charge >= 0.3 is 0 Å². The molecule has 26 heavy (non-hydrogen) atoms. The van der Waals surface area contributed by atoms with Crippen molar-refractivity contribution in [3.8, 4) is 0 Å². The van der Waals surface area contributed by atoms with Gasteiger partial charge in [0.25, 0.3) is 0 Å². The molecule has 0 aliphatic carbocycles. The maximum atomic E-state index is 5.16. The maximum Gasteiger partial charge on any atom is 0.133 e. The molecule has 0 N–H and O–H groups in total. The third-order valence-electron chi connectivity index (χ3n) is 5.11. The number of pyridine rings is 1. The number of fused-ring (bicyclic) bond motifs is 1. The van der Waals surface area contributed by atoms with Crippen LogP contribution in [-0.2, 0) is 13.0 Å². The highest BCUT2D eigenvalue weighted by Gasteiger charge is 2.17. The van der Waals surface area contributed by atoms with Crippen molar-refractivity contribution in [1.29, 1.82) is 0 Å². The second kappa shape index (κ2) is 7.98. The van der Waals surface area contributed by atoms with Crippen LogP contribution in [0.25, 0.3) is 10.9 Å². The molecule has 3 aromatic rings. The number of para-hydroxylation sites is 1. The quantitative estimate of drug-likeness (QED) is 0.683. The van der Waals surface area contributed by atoms with E-state index >= 15 is 0 Å². The van der Waals surface area contributed by atoms with Crippen molar-refractivity contribution in [3.63, 3.8) is 0 Å². The number of aryl methyl sites for hydroxylation is 2. The van der Waals surface area contributed by atoms with E-state index in [1.165, 1.54) is 17.4 Å². The van der Waals surface area contributed by atoms with Crippen LogP contribution in [0.3, 0.4) is 0 Å². The summed E-state index contributed by atoms with van der Waals surface area (Å²) in [4.78, 5) is 9.59. The van der Waals surface area contributed by atoms with Gasteiger partial charge in [-0.3, -0.25) is 9.88 Å². The number of benzene rings is 1. The molecule has 2 aromatic heterocycles. The first kappa shape index (κ1) is 17.2. The Balaban J connectivity index is 1.21. The summed E-state index contributed by atoms with van der Waals surface area (Å²) in [6, 6.07) is 12.6. The zero-order valence-electron chi connectivity index (χ0n) is 15.4. The Labute approximate surface area is 154 Å². The lowest BCUT2D eigenvalue weighted by Crippen LogP contribution is -2.46. The van der Waals surface area contributed by atoms with E-state index in [1.807, 2.05) is 25.3 Å². The first-order valence-corrected chi connectivity index (χ1v) is 9.47. The Hall–Kier alpha value is -2.24. The topological polar surface area (TPSA) is 45.4 Å². The zero-order chi connectivity index (χ0) is 17.8. The van der Waals surface area contributed by atoms with Crippen LogP contribution in [0.1, 0.15) is 23.4 Å². The highest BCUT2D eigenvalue weighted by Crippen LogP contribution is 2.14. The Morgan fingerprint density at radius 2 is 1.85 bits per heavy atom. The van der Waals surface area contributed by atoms with E-state index in [4.69, 9.17) is 4.52 Å². The fourth-order valence-electron chi connectivity index (χ4n) is 3.65. The van der Waals surface area contributed by atoms with Crippen LogP contribution in [0, 0.1) is 6.92 Å². The smallest absolute Gasteiger partial charge is 0.133 e. The summed E-state index contributed by atoms with van der Waals surface area (Å²) in [5.74, 6) is 0.891. The highest BCUT2D eigenvalue weighted by atomic mass is 16.5. The fraction of sp³-hybridized carbons (Fsp3) is 0.429. The fourth-order valence-corrected chi connectivity index (χ4v) is 3.65. The molecule has 1 aromatic carbocycles. The van der Waals surface area contributed by atoms with E-state index in [9.17, 15) is 0 Å². The summed E-state index contributed by atoms with van der Waals surface area (Å²) in [5, 5.41) is 5.34. The number of hydrogen-bond donors (Lipinski definition) is 0. The van der Waals surface area contributed by atoms with Crippen molar-refractivity contribution in [2.24, 2.45) is 0 Å². The van der Waals surface area contributed by atoms with Crippen molar-refractivity contribution in [1.82, 2.24) is 19.9 Å². The van der Waals surface area contributed by atoms with Gasteiger partial charge in [-0.05, 0) is 44.0 Å². The molecular weight excluding hydrogens is 324 g/mol. The standard InChI is InChI=1S/C21H26N4O/c1-17-13-20(23-26-17)16-25-11-9-24(10-12-25)8-4-5-18-14-19-6-2-3-7-21(19)22-15-18/h2-3,6-7,13-15H,4-5,8-12,16H2,1H3. The molecule has 1 saturated heterocycles. The van der Waals surface area contributed by atoms with E-state index in [0.29, 0.717) is 0 Å². The average molecular weight is 350 g/mol. The van der Waals surface area contributed by atoms with Crippen LogP contribution in [0.4, 0.5) is 0 Å². The number of rotatable bonds is 6. The number of hydrogen-bond acceptors (Lipinski definition) is 5. The van der Waals surface area contributed by atoms with Crippen molar-refractivity contribution in [2.45, 2.75) is 26.3 Å². The van der Waals surface area contributed by atoms with Gasteiger partial charge in [-0.25, -0.2) is 0 Å². The second-order valence-electron chi connectivity index (χ2n) is 7.19. The number of piperazine rings is 1. The lowest BCUT2D eigenvalue weighted by Gasteiger charge is -2.34. The summed E-state index contributed by atoms with van der Waals surface area (Å²) in [6.45, 7) is 8.46. The largest absolute Gasteiger partial charge is 0.361 e. The molecule has 1 aliphatic rings. The van der Waals surface area contributed by atoms with Crippen molar-refractivity contribution in [3.05, 3.63) is 59.6 Å². The van der Waals surface area contributed by atoms with Crippen LogP contribution < -0.4 is 0 Å². The molecule has 0 atom stereocenters. The minimum atomic E-state index is 0.891. The first-order chi connectivity index (χ1) is 12.8. The Bertz CT molecular complexity index is 852. The maximum absolute atomic E-state index is 5.16. The van der Waals surface area contributed by atoms with E-state index in [0.717, 1.165) is 62.7 Å². The molecule has 0 radical (unpaired) electrons. The third kappa shape index (κ3) is 4.29. The molecule has 3 heterocycles. The molecular formula is C21H26N4O. The zero-order valence-corrected chi connectivity index (χ0v) is 15.4. The van der Waals surface area contributed by atoms with Gasteiger partial charge in [-0.2, -0.15) is 0 Å². The summed E-state index contributed by atoms with van der Waals surface area (Å²) in [7, 11) is 0. The van der Waals surface area contributed by atoms with Crippen LogP contribution >= 0.6 is 0 Å². The third-order valence-corrected chi connectivity index (χ3v) is 5.11. The SMILES string of the molecule is Cc1cc(CN2CCN(CCCc3cnc4ccccc4c3)CC2)no1. The van der Waals surface area contributed by atoms with Crippen molar-refractivity contribution >= 4 is 10.9 Å². The lowest BCUT2D eigenvalue weighted by atomic mass is 10.1. The van der Waals surface area contributed by atoms with Gasteiger partial charge in [-0.1, -0.05) is 23.4 Å². The Kier molecular flexibility index (Phi) is 5.27. The van der Waals surface area contributed by atoms with Gasteiger partial charge in [0, 0.05) is 50.4 Å². The van der Waals surface area contributed by atoms with Gasteiger partial charge < -0.3 is 9.42 Å². The monoisotopic (exact) mass is 350 g/mol. The minimum absolute atomic E-state index is 0.891. The van der Waals surface area contributed by atoms with Gasteiger partial charge in [0.2, 0.25) is 0 Å². The van der Waals surface area contributed by atoms with E-state index in [2.05, 4.69) is 44.2 Å². The normalized spacial score (nSPS) is 16.3. The molecule has 0 spiro atoms. The molecule has 1 aliphatic heterocycles. The Morgan fingerprint density at radius 3 is 2.65 bits per heavy atom. The number of nitrogens with zero attached hydrogens (tertiary/aromatic N) is 4. The molecule has 5 nitrogen and oxygen atoms in total. The van der Waals surface area contributed by atoms with Crippen LogP contribution in [-0.4, -0.2) is 52.7 Å². The van der Waals surface area contributed by atoms with E-state index < -0.39 is 0 Å². The van der Waals surface area contributed by atoms with Gasteiger partial charge in [-0.15, -0.1) is 0 Å². The summed E-state index contributed by atoms with van der Waals surface area (Å²) >= 11 is 0. The van der Waals surface area contributed by atoms with E-state index in [1.54, 1.807) is 0 Å². The van der Waals surface area contributed by atoms with Gasteiger partial charge in [0.05, 0.1) is 11.2 Å². The Morgan fingerprint density at radius 1 is 1.04 bits per heavy atom. The molecule has 136 valence electrons. The van der Waals surface area contributed by atoms with Crippen LogP contribution in [0.2, 0.25) is 0 Å². The molecule has 4 rings (SSSR count). The molecule has 5 heteroatoms. The minimum Gasteiger partial charge on any atom is -0.361 e. The molecule has 0 unspecified atom stereocenters. The number of aromatic nitrogens is 2. The molecule has 0 bridgehead atoms. The van der Waals surface area contributed by atoms with E-state index in [-0.39, 0.29) is 0 Å². The summed E-state index contributed by atoms with van der Waals surface area (Å²) in [5.41, 5.74) is 3.46. The van der Waals surface area contributed by atoms with Crippen LogP contribution in [0.15, 0.2) is 47.1 Å².